The molecule has 1 heteroatoms. The minimum atomic E-state index is -0.116. The standard InChI is InChI=1S/C10H9O/c11-8-10(6-7-10)9-4-2-1-3-5-9/h2-5,8H,6-7H2. The summed E-state index contributed by atoms with van der Waals surface area (Å²) in [6.45, 7) is 0. The molecule has 1 saturated carbocycles. The number of carbonyl (C=O) groups excluding carboxylic acids is 1. The maximum atomic E-state index is 10.7. The summed E-state index contributed by atoms with van der Waals surface area (Å²) in [6.07, 6.45) is 3.10. The molecule has 0 amide bonds. The quantitative estimate of drug-likeness (QED) is 0.579. The predicted molar refractivity (Wildman–Crippen MR) is 42.3 cm³/mol. The molecular weight excluding hydrogens is 136 g/mol. The number of benzene rings is 1. The van der Waals surface area contributed by atoms with E-state index >= 15 is 0 Å². The molecule has 1 aliphatic rings. The Morgan fingerprint density at radius 3 is 2.45 bits per heavy atom. The van der Waals surface area contributed by atoms with E-state index in [9.17, 15) is 4.79 Å². The molecule has 1 aliphatic carbocycles. The minimum Gasteiger partial charge on any atom is -0.302 e. The van der Waals surface area contributed by atoms with Gasteiger partial charge in [0.1, 0.15) is 6.29 Å². The fourth-order valence-electron chi connectivity index (χ4n) is 1.33. The van der Waals surface area contributed by atoms with Crippen LogP contribution in [0.4, 0.5) is 0 Å². The highest BCUT2D eigenvalue weighted by Crippen LogP contribution is 2.45. The molecule has 1 aromatic rings. The van der Waals surface area contributed by atoms with Gasteiger partial charge in [-0.15, -0.1) is 0 Å². The van der Waals surface area contributed by atoms with E-state index in [0.717, 1.165) is 24.7 Å². The summed E-state index contributed by atoms with van der Waals surface area (Å²) in [5.74, 6) is 0. The smallest absolute Gasteiger partial charge is 0.130 e. The first kappa shape index (κ1) is 6.59. The van der Waals surface area contributed by atoms with Gasteiger partial charge >= 0.3 is 0 Å². The maximum Gasteiger partial charge on any atom is 0.130 e. The van der Waals surface area contributed by atoms with Crippen LogP contribution in [0.5, 0.6) is 0 Å². The molecule has 11 heavy (non-hydrogen) atoms. The van der Waals surface area contributed by atoms with Gasteiger partial charge in [0.2, 0.25) is 0 Å². The van der Waals surface area contributed by atoms with Gasteiger partial charge in [0, 0.05) is 0 Å². The van der Waals surface area contributed by atoms with Crippen molar-refractivity contribution in [3.63, 3.8) is 0 Å². The van der Waals surface area contributed by atoms with Crippen molar-refractivity contribution >= 4 is 6.29 Å². The zero-order valence-electron chi connectivity index (χ0n) is 6.21. The number of carbonyl (C=O) groups is 1. The van der Waals surface area contributed by atoms with Gasteiger partial charge in [0.25, 0.3) is 0 Å². The highest BCUT2D eigenvalue weighted by atomic mass is 16.1. The van der Waals surface area contributed by atoms with Gasteiger partial charge in [0.05, 0.1) is 5.41 Å². The predicted octanol–water partition coefficient (Wildman–Crippen LogP) is 1.72. The molecule has 1 nitrogen and oxygen atoms in total. The first-order valence-corrected chi connectivity index (χ1v) is 3.80. The molecule has 1 radical (unpaired) electrons. The first-order chi connectivity index (χ1) is 5.37. The monoisotopic (exact) mass is 145 g/mol. The third-order valence-electron chi connectivity index (χ3n) is 2.31. The molecular formula is C10H9O. The van der Waals surface area contributed by atoms with Crippen molar-refractivity contribution in [2.45, 2.75) is 18.3 Å². The van der Waals surface area contributed by atoms with Gasteiger partial charge in [0.15, 0.2) is 0 Å². The Morgan fingerprint density at radius 1 is 1.36 bits per heavy atom. The van der Waals surface area contributed by atoms with Crippen LogP contribution in [0.1, 0.15) is 18.4 Å². The fraction of sp³-hybridized carbons (Fsp3) is 0.300. The van der Waals surface area contributed by atoms with Crippen molar-refractivity contribution in [3.05, 3.63) is 35.9 Å². The average molecular weight is 145 g/mol. The van der Waals surface area contributed by atoms with Gasteiger partial charge < -0.3 is 4.79 Å². The summed E-state index contributed by atoms with van der Waals surface area (Å²) >= 11 is 0. The molecule has 1 fully saturated rings. The van der Waals surface area contributed by atoms with Crippen LogP contribution in [0.3, 0.4) is 0 Å². The van der Waals surface area contributed by atoms with Gasteiger partial charge in [-0.2, -0.15) is 0 Å². The Bertz CT molecular complexity index is 259. The summed E-state index contributed by atoms with van der Waals surface area (Å²) in [5, 5.41) is 0. The topological polar surface area (TPSA) is 17.1 Å². The second kappa shape index (κ2) is 2.19. The highest BCUT2D eigenvalue weighted by Gasteiger charge is 2.43. The van der Waals surface area contributed by atoms with Crippen molar-refractivity contribution in [3.8, 4) is 0 Å². The van der Waals surface area contributed by atoms with Crippen LogP contribution in [0.25, 0.3) is 0 Å². The van der Waals surface area contributed by atoms with E-state index in [1.54, 1.807) is 0 Å². The molecule has 0 unspecified atom stereocenters. The van der Waals surface area contributed by atoms with Gasteiger partial charge in [-0.25, -0.2) is 0 Å². The van der Waals surface area contributed by atoms with Crippen molar-refractivity contribution < 1.29 is 4.79 Å². The van der Waals surface area contributed by atoms with Gasteiger partial charge in [-0.05, 0) is 24.5 Å². The zero-order valence-corrected chi connectivity index (χ0v) is 6.21. The minimum absolute atomic E-state index is 0.116. The third-order valence-corrected chi connectivity index (χ3v) is 2.31. The fourth-order valence-corrected chi connectivity index (χ4v) is 1.33. The molecule has 0 atom stereocenters. The van der Waals surface area contributed by atoms with E-state index in [1.165, 1.54) is 0 Å². The Balaban J connectivity index is 2.37. The second-order valence-corrected chi connectivity index (χ2v) is 3.06. The lowest BCUT2D eigenvalue weighted by Crippen LogP contribution is -2.06. The molecule has 0 bridgehead atoms. The molecule has 0 heterocycles. The second-order valence-electron chi connectivity index (χ2n) is 3.06. The number of hydrogen-bond acceptors (Lipinski definition) is 1. The van der Waals surface area contributed by atoms with E-state index in [4.69, 9.17) is 0 Å². The largest absolute Gasteiger partial charge is 0.302 e. The first-order valence-electron chi connectivity index (χ1n) is 3.80. The third kappa shape index (κ3) is 0.967. The van der Waals surface area contributed by atoms with E-state index < -0.39 is 0 Å². The summed E-state index contributed by atoms with van der Waals surface area (Å²) in [5.41, 5.74) is 1.03. The SMILES string of the molecule is O=CC1(c2cc[c]cc2)CC1. The lowest BCUT2D eigenvalue weighted by molar-refractivity contribution is -0.109. The van der Waals surface area contributed by atoms with Crippen LogP contribution in [-0.2, 0) is 10.2 Å². The molecule has 1 aromatic carbocycles. The summed E-state index contributed by atoms with van der Waals surface area (Å²) < 4.78 is 0. The van der Waals surface area contributed by atoms with E-state index in [1.807, 2.05) is 24.3 Å². The van der Waals surface area contributed by atoms with Crippen LogP contribution in [0.15, 0.2) is 24.3 Å². The zero-order chi connectivity index (χ0) is 7.73. The average Bonchev–Trinajstić information content (AvgIpc) is 2.86. The lowest BCUT2D eigenvalue weighted by Gasteiger charge is -2.04. The van der Waals surface area contributed by atoms with Crippen molar-refractivity contribution in [1.82, 2.24) is 0 Å². The molecule has 0 aromatic heterocycles. The van der Waals surface area contributed by atoms with E-state index in [0.29, 0.717) is 0 Å². The summed E-state index contributed by atoms with van der Waals surface area (Å²) in [6, 6.07) is 10.6. The van der Waals surface area contributed by atoms with E-state index in [-0.39, 0.29) is 5.41 Å². The molecule has 0 spiro atoms. The van der Waals surface area contributed by atoms with Gasteiger partial charge in [-0.1, -0.05) is 24.3 Å². The molecule has 0 N–H and O–H groups in total. The number of hydrogen-bond donors (Lipinski definition) is 0. The number of aldehydes is 1. The molecule has 0 saturated heterocycles. The summed E-state index contributed by atoms with van der Waals surface area (Å²) in [4.78, 5) is 10.7. The van der Waals surface area contributed by atoms with Crippen LogP contribution in [-0.4, -0.2) is 6.29 Å². The van der Waals surface area contributed by atoms with Crippen LogP contribution >= 0.6 is 0 Å². The van der Waals surface area contributed by atoms with Crippen molar-refractivity contribution in [2.75, 3.05) is 0 Å². The lowest BCUT2D eigenvalue weighted by atomic mass is 9.98. The van der Waals surface area contributed by atoms with Crippen molar-refractivity contribution in [1.29, 1.82) is 0 Å². The molecule has 0 aliphatic heterocycles. The highest BCUT2D eigenvalue weighted by molar-refractivity contribution is 5.72. The maximum absolute atomic E-state index is 10.7. The molecule has 2 rings (SSSR count). The van der Waals surface area contributed by atoms with Crippen molar-refractivity contribution in [2.24, 2.45) is 0 Å². The number of rotatable bonds is 2. The normalized spacial score (nSPS) is 19.3. The molecule has 55 valence electrons. The van der Waals surface area contributed by atoms with Crippen LogP contribution in [0.2, 0.25) is 0 Å². The Kier molecular flexibility index (Phi) is 1.31. The Hall–Kier alpha value is -1.11. The van der Waals surface area contributed by atoms with E-state index in [2.05, 4.69) is 6.07 Å². The summed E-state index contributed by atoms with van der Waals surface area (Å²) in [7, 11) is 0. The van der Waals surface area contributed by atoms with Crippen LogP contribution in [0, 0.1) is 6.07 Å². The Morgan fingerprint density at radius 2 is 2.00 bits per heavy atom. The Labute approximate surface area is 66.0 Å². The van der Waals surface area contributed by atoms with Gasteiger partial charge in [-0.3, -0.25) is 0 Å². The van der Waals surface area contributed by atoms with Crippen LogP contribution < -0.4 is 0 Å².